The molecule has 0 aliphatic carbocycles. The third kappa shape index (κ3) is 2.67. The highest BCUT2D eigenvalue weighted by atomic mass is 16.5. The molecule has 2 aliphatic rings. The maximum absolute atomic E-state index is 9.43. The fraction of sp³-hybridized carbons (Fsp3) is 0.300. The van der Waals surface area contributed by atoms with Crippen molar-refractivity contribution >= 4 is 6.08 Å². The molecule has 2 aromatic carbocycles. The Kier molecular flexibility index (Phi) is 3.12. The molecular formula is C20H20O3. The number of phenolic OH excluding ortho intramolecular Hbond substituents is 1. The van der Waals surface area contributed by atoms with Crippen molar-refractivity contribution in [3.05, 3.63) is 59.2 Å². The molecule has 0 bridgehead atoms. The molecule has 0 saturated heterocycles. The maximum Gasteiger partial charge on any atom is 0.131 e. The first-order valence-corrected chi connectivity index (χ1v) is 7.97. The van der Waals surface area contributed by atoms with Crippen LogP contribution in [0.2, 0.25) is 0 Å². The summed E-state index contributed by atoms with van der Waals surface area (Å²) in [5.74, 6) is 2.42. The van der Waals surface area contributed by atoms with E-state index in [1.165, 1.54) is 11.1 Å². The maximum atomic E-state index is 9.43. The fourth-order valence-electron chi connectivity index (χ4n) is 3.22. The largest absolute Gasteiger partial charge is 0.508 e. The van der Waals surface area contributed by atoms with Gasteiger partial charge in [0.2, 0.25) is 0 Å². The molecule has 1 N–H and O–H groups in total. The van der Waals surface area contributed by atoms with Gasteiger partial charge < -0.3 is 14.6 Å². The van der Waals surface area contributed by atoms with Crippen LogP contribution < -0.4 is 9.47 Å². The van der Waals surface area contributed by atoms with Gasteiger partial charge in [0, 0.05) is 17.5 Å². The highest BCUT2D eigenvalue weighted by Gasteiger charge is 2.27. The minimum absolute atomic E-state index is 0.273. The predicted molar refractivity (Wildman–Crippen MR) is 90.2 cm³/mol. The Balaban J connectivity index is 1.64. The molecule has 2 heterocycles. The van der Waals surface area contributed by atoms with Gasteiger partial charge in [0.25, 0.3) is 0 Å². The Morgan fingerprint density at radius 1 is 1.09 bits per heavy atom. The average Bonchev–Trinajstić information content (AvgIpc) is 2.52. The van der Waals surface area contributed by atoms with Crippen LogP contribution in [0.5, 0.6) is 17.2 Å². The van der Waals surface area contributed by atoms with Crippen LogP contribution in [0.25, 0.3) is 6.08 Å². The van der Waals surface area contributed by atoms with Crippen molar-refractivity contribution in [1.29, 1.82) is 0 Å². The first-order chi connectivity index (χ1) is 11.0. The number of fused-ring (bicyclic) bond motifs is 2. The zero-order chi connectivity index (χ0) is 16.0. The van der Waals surface area contributed by atoms with Crippen molar-refractivity contribution in [2.24, 2.45) is 0 Å². The number of phenols is 1. The predicted octanol–water partition coefficient (Wildman–Crippen LogP) is 4.30. The van der Waals surface area contributed by atoms with Gasteiger partial charge in [-0.2, -0.15) is 0 Å². The molecule has 23 heavy (non-hydrogen) atoms. The lowest BCUT2D eigenvalue weighted by atomic mass is 9.89. The highest BCUT2D eigenvalue weighted by Crippen LogP contribution is 2.40. The second-order valence-electron chi connectivity index (χ2n) is 6.84. The van der Waals surface area contributed by atoms with Gasteiger partial charge >= 0.3 is 0 Å². The molecular weight excluding hydrogens is 288 g/mol. The standard InChI is InChI=1S/C20H20O3/c1-20(2)8-7-14-9-15-10-16(13-3-5-17(21)6-4-13)12-22-18(15)11-19(14)23-20/h3-9,11,16,21H,10,12H2,1-2H3. The van der Waals surface area contributed by atoms with Crippen molar-refractivity contribution in [3.63, 3.8) is 0 Å². The van der Waals surface area contributed by atoms with Crippen LogP contribution in [-0.4, -0.2) is 17.3 Å². The Morgan fingerprint density at radius 3 is 2.65 bits per heavy atom. The number of rotatable bonds is 1. The summed E-state index contributed by atoms with van der Waals surface area (Å²) in [5.41, 5.74) is 3.24. The summed E-state index contributed by atoms with van der Waals surface area (Å²) in [6, 6.07) is 11.6. The van der Waals surface area contributed by atoms with Crippen molar-refractivity contribution < 1.29 is 14.6 Å². The van der Waals surface area contributed by atoms with Crippen molar-refractivity contribution in [1.82, 2.24) is 0 Å². The number of hydrogen-bond acceptors (Lipinski definition) is 3. The zero-order valence-electron chi connectivity index (χ0n) is 13.4. The number of hydrogen-bond donors (Lipinski definition) is 1. The molecule has 2 aliphatic heterocycles. The fourth-order valence-corrected chi connectivity index (χ4v) is 3.22. The van der Waals surface area contributed by atoms with E-state index in [1.54, 1.807) is 12.1 Å². The lowest BCUT2D eigenvalue weighted by molar-refractivity contribution is 0.157. The van der Waals surface area contributed by atoms with E-state index in [4.69, 9.17) is 9.47 Å². The quantitative estimate of drug-likeness (QED) is 0.854. The Bertz CT molecular complexity index is 772. The van der Waals surface area contributed by atoms with E-state index < -0.39 is 0 Å². The summed E-state index contributed by atoms with van der Waals surface area (Å²) in [6.07, 6.45) is 5.15. The molecule has 0 fully saturated rings. The number of ether oxygens (including phenoxy) is 2. The van der Waals surface area contributed by atoms with Gasteiger partial charge in [0.15, 0.2) is 0 Å². The lowest BCUT2D eigenvalue weighted by Crippen LogP contribution is -2.28. The van der Waals surface area contributed by atoms with Crippen LogP contribution in [0, 0.1) is 0 Å². The van der Waals surface area contributed by atoms with Gasteiger partial charge in [-0.25, -0.2) is 0 Å². The molecule has 1 atom stereocenters. The molecule has 3 nitrogen and oxygen atoms in total. The molecule has 3 heteroatoms. The van der Waals surface area contributed by atoms with Gasteiger partial charge in [-0.1, -0.05) is 18.2 Å². The number of benzene rings is 2. The van der Waals surface area contributed by atoms with Gasteiger partial charge in [0.1, 0.15) is 22.8 Å². The smallest absolute Gasteiger partial charge is 0.131 e. The Hall–Kier alpha value is -2.42. The zero-order valence-corrected chi connectivity index (χ0v) is 13.4. The minimum Gasteiger partial charge on any atom is -0.508 e. The van der Waals surface area contributed by atoms with E-state index in [0.717, 1.165) is 23.5 Å². The first-order valence-electron chi connectivity index (χ1n) is 7.97. The van der Waals surface area contributed by atoms with E-state index in [2.05, 4.69) is 18.2 Å². The lowest BCUT2D eigenvalue weighted by Gasteiger charge is -2.31. The summed E-state index contributed by atoms with van der Waals surface area (Å²) in [6.45, 7) is 4.75. The molecule has 1 unspecified atom stereocenters. The molecule has 4 rings (SSSR count). The summed E-state index contributed by atoms with van der Waals surface area (Å²) in [5, 5.41) is 9.43. The Morgan fingerprint density at radius 2 is 1.87 bits per heavy atom. The summed E-state index contributed by atoms with van der Waals surface area (Å²) in [7, 11) is 0. The van der Waals surface area contributed by atoms with Gasteiger partial charge in [-0.05, 0) is 55.7 Å². The molecule has 0 amide bonds. The Labute approximate surface area is 136 Å². The van der Waals surface area contributed by atoms with Gasteiger partial charge in [0.05, 0.1) is 6.61 Å². The topological polar surface area (TPSA) is 38.7 Å². The SMILES string of the molecule is CC1(C)C=Cc2cc3c(cc2O1)OCC(c1ccc(O)cc1)C3. The average molecular weight is 308 g/mol. The van der Waals surface area contributed by atoms with Crippen LogP contribution in [-0.2, 0) is 6.42 Å². The van der Waals surface area contributed by atoms with Crippen LogP contribution in [0.15, 0.2) is 42.5 Å². The van der Waals surface area contributed by atoms with E-state index in [-0.39, 0.29) is 5.60 Å². The number of aromatic hydroxyl groups is 1. The van der Waals surface area contributed by atoms with Crippen LogP contribution in [0.4, 0.5) is 0 Å². The molecule has 2 aromatic rings. The highest BCUT2D eigenvalue weighted by molar-refractivity contribution is 5.64. The molecule has 118 valence electrons. The summed E-state index contributed by atoms with van der Waals surface area (Å²) in [4.78, 5) is 0. The first kappa shape index (κ1) is 14.2. The monoisotopic (exact) mass is 308 g/mol. The third-order valence-electron chi connectivity index (χ3n) is 4.50. The van der Waals surface area contributed by atoms with Crippen LogP contribution >= 0.6 is 0 Å². The van der Waals surface area contributed by atoms with Crippen molar-refractivity contribution in [3.8, 4) is 17.2 Å². The molecule has 0 spiro atoms. The normalized spacial score (nSPS) is 20.9. The van der Waals surface area contributed by atoms with Crippen molar-refractivity contribution in [2.75, 3.05) is 6.61 Å². The molecule has 0 saturated carbocycles. The van der Waals surface area contributed by atoms with Gasteiger partial charge in [-0.15, -0.1) is 0 Å². The van der Waals surface area contributed by atoms with Crippen molar-refractivity contribution in [2.45, 2.75) is 31.8 Å². The van der Waals surface area contributed by atoms with E-state index >= 15 is 0 Å². The molecule has 0 radical (unpaired) electrons. The van der Waals surface area contributed by atoms with Crippen LogP contribution in [0.3, 0.4) is 0 Å². The van der Waals surface area contributed by atoms with E-state index in [1.807, 2.05) is 32.0 Å². The summed E-state index contributed by atoms with van der Waals surface area (Å²) >= 11 is 0. The van der Waals surface area contributed by atoms with E-state index in [0.29, 0.717) is 18.3 Å². The molecule has 0 aromatic heterocycles. The second-order valence-corrected chi connectivity index (χ2v) is 6.84. The van der Waals surface area contributed by atoms with Gasteiger partial charge in [-0.3, -0.25) is 0 Å². The van der Waals surface area contributed by atoms with E-state index in [9.17, 15) is 5.11 Å². The summed E-state index contributed by atoms with van der Waals surface area (Å²) < 4.78 is 12.0. The second kappa shape index (κ2) is 5.05. The van der Waals surface area contributed by atoms with Crippen LogP contribution in [0.1, 0.15) is 36.5 Å². The minimum atomic E-state index is -0.273. The third-order valence-corrected chi connectivity index (χ3v) is 4.50.